The molecule has 0 atom stereocenters. The van der Waals surface area contributed by atoms with Gasteiger partial charge in [0.05, 0.1) is 12.1 Å². The molecule has 25 heavy (non-hydrogen) atoms. The molecule has 0 aliphatic carbocycles. The van der Waals surface area contributed by atoms with E-state index in [0.717, 1.165) is 0 Å². The highest BCUT2D eigenvalue weighted by atomic mass is 35.5. The zero-order chi connectivity index (χ0) is 18.6. The zero-order valence-electron chi connectivity index (χ0n) is 14.0. The average molecular weight is 387 g/mol. The number of rotatable bonds is 6. The quantitative estimate of drug-likeness (QED) is 0.531. The third-order valence-electron chi connectivity index (χ3n) is 3.85. The van der Waals surface area contributed by atoms with Gasteiger partial charge in [0.1, 0.15) is 11.0 Å². The van der Waals surface area contributed by atoms with Gasteiger partial charge in [-0.05, 0) is 31.0 Å². The number of carbonyl (C=O) groups is 1. The number of esters is 1. The summed E-state index contributed by atoms with van der Waals surface area (Å²) in [6.07, 6.45) is 0.755. The molecule has 5 nitrogen and oxygen atoms in total. The highest BCUT2D eigenvalue weighted by molar-refractivity contribution is 6.30. The minimum atomic E-state index is -1.19. The number of halogens is 3. The Balaban J connectivity index is 2.44. The molecule has 0 aliphatic heterocycles. The molecular weight excluding hydrogens is 370 g/mol. The van der Waals surface area contributed by atoms with Crippen molar-refractivity contribution in [1.82, 2.24) is 9.97 Å². The second kappa shape index (κ2) is 7.97. The Bertz CT molecular complexity index is 782. The van der Waals surface area contributed by atoms with Crippen molar-refractivity contribution in [1.29, 1.82) is 0 Å². The lowest BCUT2D eigenvalue weighted by molar-refractivity contribution is -0.160. The third-order valence-corrected chi connectivity index (χ3v) is 4.35. The van der Waals surface area contributed by atoms with Crippen molar-refractivity contribution in [3.8, 4) is 17.3 Å². The molecule has 1 heterocycles. The van der Waals surface area contributed by atoms with Crippen molar-refractivity contribution in [3.63, 3.8) is 0 Å². The van der Waals surface area contributed by atoms with Crippen LogP contribution in [0.1, 0.15) is 26.7 Å². The van der Waals surface area contributed by atoms with Crippen LogP contribution in [-0.4, -0.2) is 28.6 Å². The van der Waals surface area contributed by atoms with Crippen LogP contribution in [-0.2, 0) is 9.53 Å². The molecule has 0 aliphatic rings. The van der Waals surface area contributed by atoms with Gasteiger partial charge >= 0.3 is 5.97 Å². The summed E-state index contributed by atoms with van der Waals surface area (Å²) in [7, 11) is 1.29. The standard InChI is InChI=1S/C17H17Cl2FN2O3/c1-4-17(5-2,16(23)24-3)25-14-9-13(19)21-15(22-14)10-6-7-11(18)12(20)8-10/h6-9H,4-5H2,1-3H3. The maximum Gasteiger partial charge on any atom is 0.350 e. The van der Waals surface area contributed by atoms with Gasteiger partial charge < -0.3 is 9.47 Å². The molecule has 1 aromatic heterocycles. The lowest BCUT2D eigenvalue weighted by Gasteiger charge is -2.29. The van der Waals surface area contributed by atoms with E-state index in [-0.39, 0.29) is 21.9 Å². The summed E-state index contributed by atoms with van der Waals surface area (Å²) in [5.41, 5.74) is -0.805. The van der Waals surface area contributed by atoms with Crippen molar-refractivity contribution < 1.29 is 18.7 Å². The first kappa shape index (κ1) is 19.4. The average Bonchev–Trinajstić information content (AvgIpc) is 2.61. The minimum Gasteiger partial charge on any atom is -0.466 e. The van der Waals surface area contributed by atoms with Crippen LogP contribution in [0.5, 0.6) is 5.88 Å². The van der Waals surface area contributed by atoms with E-state index in [1.54, 1.807) is 19.9 Å². The number of hydrogen-bond donors (Lipinski definition) is 0. The molecule has 0 bridgehead atoms. The molecule has 0 fully saturated rings. The maximum atomic E-state index is 13.7. The molecule has 134 valence electrons. The summed E-state index contributed by atoms with van der Waals surface area (Å²) < 4.78 is 24.3. The molecule has 2 rings (SSSR count). The number of carbonyl (C=O) groups excluding carboxylic acids is 1. The van der Waals surface area contributed by atoms with Crippen LogP contribution in [0.3, 0.4) is 0 Å². The zero-order valence-corrected chi connectivity index (χ0v) is 15.5. The van der Waals surface area contributed by atoms with Crippen LogP contribution in [0.25, 0.3) is 11.4 Å². The fraction of sp³-hybridized carbons (Fsp3) is 0.353. The van der Waals surface area contributed by atoms with E-state index >= 15 is 0 Å². The van der Waals surface area contributed by atoms with Crippen LogP contribution in [0.4, 0.5) is 4.39 Å². The van der Waals surface area contributed by atoms with Crippen molar-refractivity contribution in [2.24, 2.45) is 0 Å². The Morgan fingerprint density at radius 3 is 2.44 bits per heavy atom. The molecule has 0 radical (unpaired) electrons. The highest BCUT2D eigenvalue weighted by Gasteiger charge is 2.39. The monoisotopic (exact) mass is 386 g/mol. The maximum absolute atomic E-state index is 13.7. The van der Waals surface area contributed by atoms with Gasteiger partial charge in [-0.3, -0.25) is 0 Å². The van der Waals surface area contributed by atoms with Gasteiger partial charge in [0.2, 0.25) is 11.5 Å². The first-order chi connectivity index (χ1) is 11.8. The van der Waals surface area contributed by atoms with Gasteiger partial charge in [0.15, 0.2) is 5.82 Å². The minimum absolute atomic E-state index is 0.0103. The Morgan fingerprint density at radius 1 is 1.20 bits per heavy atom. The Morgan fingerprint density at radius 2 is 1.88 bits per heavy atom. The predicted molar refractivity (Wildman–Crippen MR) is 93.4 cm³/mol. The Hall–Kier alpha value is -1.92. The lowest BCUT2D eigenvalue weighted by Crippen LogP contribution is -2.44. The molecule has 0 spiro atoms. The molecule has 0 N–H and O–H groups in total. The topological polar surface area (TPSA) is 61.3 Å². The number of aromatic nitrogens is 2. The fourth-order valence-corrected chi connectivity index (χ4v) is 2.62. The number of nitrogens with zero attached hydrogens (tertiary/aromatic N) is 2. The molecule has 0 saturated heterocycles. The van der Waals surface area contributed by atoms with Crippen LogP contribution >= 0.6 is 23.2 Å². The Kier molecular flexibility index (Phi) is 6.19. The molecular formula is C17H17Cl2FN2O3. The molecule has 0 amide bonds. The first-order valence-corrected chi connectivity index (χ1v) is 8.38. The Labute approximate surface area is 155 Å². The largest absolute Gasteiger partial charge is 0.466 e. The molecule has 2 aromatic rings. The van der Waals surface area contributed by atoms with E-state index in [4.69, 9.17) is 32.7 Å². The summed E-state index contributed by atoms with van der Waals surface area (Å²) in [5, 5.41) is 0.0882. The van der Waals surface area contributed by atoms with Gasteiger partial charge in [-0.1, -0.05) is 37.0 Å². The van der Waals surface area contributed by atoms with E-state index in [0.29, 0.717) is 18.4 Å². The lowest BCUT2D eigenvalue weighted by atomic mass is 9.97. The second-order valence-corrected chi connectivity index (χ2v) is 6.07. The molecule has 0 saturated carbocycles. The number of ether oxygens (including phenoxy) is 2. The number of hydrogen-bond acceptors (Lipinski definition) is 5. The smallest absolute Gasteiger partial charge is 0.350 e. The fourth-order valence-electron chi connectivity index (χ4n) is 2.32. The molecule has 1 aromatic carbocycles. The predicted octanol–water partition coefficient (Wildman–Crippen LogP) is 4.70. The van der Waals surface area contributed by atoms with Crippen LogP contribution in [0.15, 0.2) is 24.3 Å². The van der Waals surface area contributed by atoms with Gasteiger partial charge in [0.25, 0.3) is 0 Å². The SMILES string of the molecule is CCC(CC)(Oc1cc(Cl)nc(-c2ccc(Cl)c(F)c2)n1)C(=O)OC. The van der Waals surface area contributed by atoms with Gasteiger partial charge in [-0.2, -0.15) is 4.98 Å². The van der Waals surface area contributed by atoms with Gasteiger partial charge in [-0.25, -0.2) is 14.2 Å². The summed E-state index contributed by atoms with van der Waals surface area (Å²) in [6, 6.07) is 5.55. The van der Waals surface area contributed by atoms with Crippen molar-refractivity contribution in [2.45, 2.75) is 32.3 Å². The van der Waals surface area contributed by atoms with E-state index in [9.17, 15) is 9.18 Å². The van der Waals surface area contributed by atoms with Crippen LogP contribution in [0, 0.1) is 5.82 Å². The van der Waals surface area contributed by atoms with Gasteiger partial charge in [-0.15, -0.1) is 0 Å². The molecule has 0 unspecified atom stereocenters. The summed E-state index contributed by atoms with van der Waals surface area (Å²) in [5.74, 6) is -0.856. The normalized spacial score (nSPS) is 11.3. The van der Waals surface area contributed by atoms with E-state index in [1.165, 1.54) is 25.3 Å². The highest BCUT2D eigenvalue weighted by Crippen LogP contribution is 2.29. The van der Waals surface area contributed by atoms with Crippen molar-refractivity contribution in [3.05, 3.63) is 40.3 Å². The van der Waals surface area contributed by atoms with E-state index in [1.807, 2.05) is 0 Å². The molecule has 8 heteroatoms. The van der Waals surface area contributed by atoms with Crippen molar-refractivity contribution in [2.75, 3.05) is 7.11 Å². The summed E-state index contributed by atoms with van der Waals surface area (Å²) in [6.45, 7) is 3.61. The second-order valence-electron chi connectivity index (χ2n) is 5.28. The van der Waals surface area contributed by atoms with Crippen molar-refractivity contribution >= 4 is 29.2 Å². The van der Waals surface area contributed by atoms with Crippen LogP contribution in [0.2, 0.25) is 10.2 Å². The van der Waals surface area contributed by atoms with Gasteiger partial charge in [0, 0.05) is 11.6 Å². The van der Waals surface area contributed by atoms with Crippen LogP contribution < -0.4 is 4.74 Å². The summed E-state index contributed by atoms with van der Waals surface area (Å²) in [4.78, 5) is 20.4. The third kappa shape index (κ3) is 4.19. The summed E-state index contributed by atoms with van der Waals surface area (Å²) >= 11 is 11.7. The number of benzene rings is 1. The van der Waals surface area contributed by atoms with E-state index < -0.39 is 17.4 Å². The van der Waals surface area contributed by atoms with E-state index in [2.05, 4.69) is 9.97 Å². The number of methoxy groups -OCH3 is 1. The first-order valence-electron chi connectivity index (χ1n) is 7.62.